The number of hydrogen-bond donors (Lipinski definition) is 1. The van der Waals surface area contributed by atoms with E-state index in [2.05, 4.69) is 4.90 Å². The van der Waals surface area contributed by atoms with E-state index in [1.807, 2.05) is 36.4 Å². The second-order valence-electron chi connectivity index (χ2n) is 5.73. The number of hydrogen-bond acceptors (Lipinski definition) is 4. The Morgan fingerprint density at radius 2 is 1.78 bits per heavy atom. The first-order valence-corrected chi connectivity index (χ1v) is 8.14. The predicted molar refractivity (Wildman–Crippen MR) is 90.9 cm³/mol. The lowest BCUT2D eigenvalue weighted by atomic mass is 10.1. The maximum atomic E-state index is 9.54. The van der Waals surface area contributed by atoms with Crippen molar-refractivity contribution >= 4 is 0 Å². The van der Waals surface area contributed by atoms with E-state index >= 15 is 0 Å². The smallest absolute Gasteiger partial charge is 0.119 e. The molecule has 1 N–H and O–H groups in total. The molecule has 0 aromatic heterocycles. The minimum absolute atomic E-state index is 0.283. The maximum absolute atomic E-state index is 9.54. The maximum Gasteiger partial charge on any atom is 0.119 e. The van der Waals surface area contributed by atoms with Crippen molar-refractivity contribution in [1.82, 2.24) is 4.90 Å². The first kappa shape index (κ1) is 15.8. The van der Waals surface area contributed by atoms with Gasteiger partial charge in [0.15, 0.2) is 0 Å². The summed E-state index contributed by atoms with van der Waals surface area (Å²) in [7, 11) is 0. The van der Waals surface area contributed by atoms with Gasteiger partial charge in [-0.05, 0) is 41.8 Å². The summed E-state index contributed by atoms with van der Waals surface area (Å²) in [6.07, 6.45) is 1.02. The summed E-state index contributed by atoms with van der Waals surface area (Å²) in [6.45, 7) is 5.53. The predicted octanol–water partition coefficient (Wildman–Crippen LogP) is 3.16. The van der Waals surface area contributed by atoms with Gasteiger partial charge >= 0.3 is 0 Å². The Morgan fingerprint density at radius 3 is 2.52 bits per heavy atom. The second kappa shape index (κ2) is 7.99. The lowest BCUT2D eigenvalue weighted by Gasteiger charge is -2.26. The number of morpholine rings is 1. The molecule has 1 heterocycles. The zero-order chi connectivity index (χ0) is 15.9. The molecular weight excluding hydrogens is 290 g/mol. The van der Waals surface area contributed by atoms with Crippen molar-refractivity contribution in [2.75, 3.05) is 39.5 Å². The number of rotatable bonds is 6. The van der Waals surface area contributed by atoms with Crippen molar-refractivity contribution in [1.29, 1.82) is 0 Å². The SMILES string of the molecule is Oc1cccc(-c2ccc(OCCCN3CCOCC3)cc2)c1. The van der Waals surface area contributed by atoms with Gasteiger partial charge in [-0.3, -0.25) is 4.90 Å². The van der Waals surface area contributed by atoms with Crippen LogP contribution in [0.3, 0.4) is 0 Å². The van der Waals surface area contributed by atoms with Crippen molar-refractivity contribution < 1.29 is 14.6 Å². The number of ether oxygens (including phenoxy) is 2. The van der Waals surface area contributed by atoms with Crippen molar-refractivity contribution in [3.05, 3.63) is 48.5 Å². The fraction of sp³-hybridized carbons (Fsp3) is 0.368. The van der Waals surface area contributed by atoms with Crippen LogP contribution in [0.2, 0.25) is 0 Å². The summed E-state index contributed by atoms with van der Waals surface area (Å²) < 4.78 is 11.1. The fourth-order valence-electron chi connectivity index (χ4n) is 2.73. The van der Waals surface area contributed by atoms with Crippen LogP contribution in [0.25, 0.3) is 11.1 Å². The molecular formula is C19H23NO3. The van der Waals surface area contributed by atoms with Gasteiger partial charge in [0.1, 0.15) is 11.5 Å². The molecule has 0 amide bonds. The first-order chi connectivity index (χ1) is 11.3. The van der Waals surface area contributed by atoms with Crippen molar-refractivity contribution in [2.45, 2.75) is 6.42 Å². The summed E-state index contributed by atoms with van der Waals surface area (Å²) in [5.74, 6) is 1.17. The summed E-state index contributed by atoms with van der Waals surface area (Å²) in [5, 5.41) is 9.54. The van der Waals surface area contributed by atoms with Gasteiger partial charge in [-0.15, -0.1) is 0 Å². The Hall–Kier alpha value is -2.04. The quantitative estimate of drug-likeness (QED) is 0.832. The molecule has 1 aliphatic rings. The van der Waals surface area contributed by atoms with Gasteiger partial charge in [0.2, 0.25) is 0 Å². The molecule has 0 saturated carbocycles. The van der Waals surface area contributed by atoms with Crippen LogP contribution in [-0.4, -0.2) is 49.5 Å². The topological polar surface area (TPSA) is 41.9 Å². The normalized spacial score (nSPS) is 15.5. The van der Waals surface area contributed by atoms with E-state index in [0.29, 0.717) is 0 Å². The third-order valence-electron chi connectivity index (χ3n) is 4.02. The number of phenols is 1. The molecule has 0 unspecified atom stereocenters. The van der Waals surface area contributed by atoms with Crippen molar-refractivity contribution in [2.24, 2.45) is 0 Å². The van der Waals surface area contributed by atoms with E-state index in [-0.39, 0.29) is 5.75 Å². The summed E-state index contributed by atoms with van der Waals surface area (Å²) in [6, 6.07) is 15.3. The monoisotopic (exact) mass is 313 g/mol. The van der Waals surface area contributed by atoms with Gasteiger partial charge in [-0.25, -0.2) is 0 Å². The number of benzene rings is 2. The molecule has 0 spiro atoms. The number of nitrogens with zero attached hydrogens (tertiary/aromatic N) is 1. The summed E-state index contributed by atoms with van der Waals surface area (Å²) in [5.41, 5.74) is 2.07. The molecule has 1 saturated heterocycles. The molecule has 0 bridgehead atoms. The van der Waals surface area contributed by atoms with Crippen LogP contribution in [0.5, 0.6) is 11.5 Å². The number of aromatic hydroxyl groups is 1. The van der Waals surface area contributed by atoms with Crippen molar-refractivity contribution in [3.63, 3.8) is 0 Å². The van der Waals surface area contributed by atoms with Gasteiger partial charge in [0.25, 0.3) is 0 Å². The minimum atomic E-state index is 0.283. The highest BCUT2D eigenvalue weighted by molar-refractivity contribution is 5.65. The van der Waals surface area contributed by atoms with E-state index in [0.717, 1.165) is 62.8 Å². The van der Waals surface area contributed by atoms with Crippen LogP contribution in [0, 0.1) is 0 Å². The Morgan fingerprint density at radius 1 is 1.00 bits per heavy atom. The standard InChI is InChI=1S/C19H23NO3/c21-18-4-1-3-17(15-18)16-5-7-19(8-6-16)23-12-2-9-20-10-13-22-14-11-20/h1,3-8,15,21H,2,9-14H2. The Balaban J connectivity index is 1.46. The van der Waals surface area contributed by atoms with Gasteiger partial charge in [0, 0.05) is 19.6 Å². The van der Waals surface area contributed by atoms with E-state index < -0.39 is 0 Å². The van der Waals surface area contributed by atoms with E-state index in [1.165, 1.54) is 0 Å². The summed E-state index contributed by atoms with van der Waals surface area (Å²) >= 11 is 0. The Kier molecular flexibility index (Phi) is 5.51. The lowest BCUT2D eigenvalue weighted by molar-refractivity contribution is 0.0358. The average Bonchev–Trinajstić information content (AvgIpc) is 2.60. The average molecular weight is 313 g/mol. The number of phenolic OH excluding ortho intramolecular Hbond substituents is 1. The van der Waals surface area contributed by atoms with Gasteiger partial charge < -0.3 is 14.6 Å². The highest BCUT2D eigenvalue weighted by atomic mass is 16.5. The van der Waals surface area contributed by atoms with Crippen LogP contribution in [-0.2, 0) is 4.74 Å². The highest BCUT2D eigenvalue weighted by Crippen LogP contribution is 2.25. The van der Waals surface area contributed by atoms with E-state index in [1.54, 1.807) is 12.1 Å². The summed E-state index contributed by atoms with van der Waals surface area (Å²) in [4.78, 5) is 2.41. The molecule has 4 heteroatoms. The van der Waals surface area contributed by atoms with Crippen LogP contribution in [0.1, 0.15) is 6.42 Å². The van der Waals surface area contributed by atoms with Gasteiger partial charge in [-0.1, -0.05) is 24.3 Å². The largest absolute Gasteiger partial charge is 0.508 e. The lowest BCUT2D eigenvalue weighted by Crippen LogP contribution is -2.37. The fourth-order valence-corrected chi connectivity index (χ4v) is 2.73. The molecule has 0 atom stereocenters. The molecule has 0 radical (unpaired) electrons. The van der Waals surface area contributed by atoms with Crippen LogP contribution >= 0.6 is 0 Å². The molecule has 3 rings (SSSR count). The third kappa shape index (κ3) is 4.71. The zero-order valence-electron chi connectivity index (χ0n) is 13.3. The molecule has 1 fully saturated rings. The van der Waals surface area contributed by atoms with Crippen LogP contribution in [0.15, 0.2) is 48.5 Å². The third-order valence-corrected chi connectivity index (χ3v) is 4.02. The van der Waals surface area contributed by atoms with Crippen LogP contribution < -0.4 is 4.74 Å². The second-order valence-corrected chi connectivity index (χ2v) is 5.73. The van der Waals surface area contributed by atoms with Gasteiger partial charge in [0.05, 0.1) is 19.8 Å². The van der Waals surface area contributed by atoms with E-state index in [9.17, 15) is 5.11 Å². The molecule has 2 aromatic carbocycles. The van der Waals surface area contributed by atoms with Gasteiger partial charge in [-0.2, -0.15) is 0 Å². The van der Waals surface area contributed by atoms with E-state index in [4.69, 9.17) is 9.47 Å². The van der Waals surface area contributed by atoms with Crippen LogP contribution in [0.4, 0.5) is 0 Å². The minimum Gasteiger partial charge on any atom is -0.508 e. The Labute approximate surface area is 137 Å². The molecule has 23 heavy (non-hydrogen) atoms. The molecule has 1 aliphatic heterocycles. The zero-order valence-corrected chi connectivity index (χ0v) is 13.3. The molecule has 4 nitrogen and oxygen atoms in total. The highest BCUT2D eigenvalue weighted by Gasteiger charge is 2.09. The molecule has 2 aromatic rings. The Bertz CT molecular complexity index is 606. The molecule has 122 valence electrons. The first-order valence-electron chi connectivity index (χ1n) is 8.14. The molecule has 0 aliphatic carbocycles. The van der Waals surface area contributed by atoms with Crippen molar-refractivity contribution in [3.8, 4) is 22.6 Å².